The summed E-state index contributed by atoms with van der Waals surface area (Å²) in [6.45, 7) is 5.50. The Kier molecular flexibility index (Phi) is 4.07. The summed E-state index contributed by atoms with van der Waals surface area (Å²) in [6, 6.07) is 7.77. The maximum atomic E-state index is 12.2. The molecule has 3 rings (SSSR count). The molecule has 0 unspecified atom stereocenters. The van der Waals surface area contributed by atoms with E-state index in [1.807, 2.05) is 31.2 Å². The second-order valence-corrected chi connectivity index (χ2v) is 5.85. The van der Waals surface area contributed by atoms with Gasteiger partial charge in [-0.3, -0.25) is 19.9 Å². The molecular formula is C17H17N5O2. The van der Waals surface area contributed by atoms with Gasteiger partial charge in [0.2, 0.25) is 11.9 Å². The van der Waals surface area contributed by atoms with E-state index in [0.29, 0.717) is 5.69 Å². The summed E-state index contributed by atoms with van der Waals surface area (Å²) in [5.74, 6) is -0.383. The van der Waals surface area contributed by atoms with Crippen molar-refractivity contribution >= 4 is 23.0 Å². The van der Waals surface area contributed by atoms with E-state index in [0.717, 1.165) is 11.1 Å². The number of carbonyl (C=O) groups excluding carboxylic acids is 1. The first-order valence-electron chi connectivity index (χ1n) is 7.59. The van der Waals surface area contributed by atoms with Crippen LogP contribution in [0.3, 0.4) is 0 Å². The topological polar surface area (TPSA) is 101 Å². The number of hydrogen-bond acceptors (Lipinski definition) is 5. The molecular weight excluding hydrogens is 306 g/mol. The molecule has 0 aliphatic heterocycles. The molecule has 0 saturated carbocycles. The Morgan fingerprint density at radius 1 is 1.17 bits per heavy atom. The third-order valence-electron chi connectivity index (χ3n) is 3.53. The number of rotatable bonds is 3. The van der Waals surface area contributed by atoms with Crippen LogP contribution >= 0.6 is 0 Å². The minimum absolute atomic E-state index is 0.0728. The molecule has 122 valence electrons. The van der Waals surface area contributed by atoms with Gasteiger partial charge >= 0.3 is 0 Å². The van der Waals surface area contributed by atoms with Gasteiger partial charge < -0.3 is 0 Å². The van der Waals surface area contributed by atoms with E-state index >= 15 is 0 Å². The Labute approximate surface area is 138 Å². The van der Waals surface area contributed by atoms with Gasteiger partial charge in [0.1, 0.15) is 0 Å². The molecule has 7 heteroatoms. The van der Waals surface area contributed by atoms with E-state index < -0.39 is 5.56 Å². The van der Waals surface area contributed by atoms with Crippen LogP contribution in [0.5, 0.6) is 0 Å². The van der Waals surface area contributed by atoms with Gasteiger partial charge in [0, 0.05) is 11.5 Å². The van der Waals surface area contributed by atoms with Crippen molar-refractivity contribution in [2.24, 2.45) is 5.92 Å². The number of amides is 1. The van der Waals surface area contributed by atoms with Crippen molar-refractivity contribution in [1.29, 1.82) is 0 Å². The smallest absolute Gasteiger partial charge is 0.280 e. The lowest BCUT2D eigenvalue weighted by molar-refractivity contribution is -0.118. The number of H-pyrrole nitrogens is 1. The molecule has 0 bridgehead atoms. The van der Waals surface area contributed by atoms with Gasteiger partial charge in [-0.2, -0.15) is 4.98 Å². The van der Waals surface area contributed by atoms with Gasteiger partial charge in [0.15, 0.2) is 11.2 Å². The lowest BCUT2D eigenvalue weighted by Crippen LogP contribution is -2.22. The summed E-state index contributed by atoms with van der Waals surface area (Å²) in [5, 5.41) is 2.55. The van der Waals surface area contributed by atoms with Gasteiger partial charge in [0.25, 0.3) is 5.56 Å². The summed E-state index contributed by atoms with van der Waals surface area (Å²) >= 11 is 0. The average Bonchev–Trinajstić information content (AvgIpc) is 2.55. The van der Waals surface area contributed by atoms with Crippen LogP contribution in [0.1, 0.15) is 19.4 Å². The number of aromatic nitrogens is 4. The number of hydrogen-bond donors (Lipinski definition) is 2. The lowest BCUT2D eigenvalue weighted by atomic mass is 10.1. The highest BCUT2D eigenvalue weighted by atomic mass is 16.2. The van der Waals surface area contributed by atoms with Crippen molar-refractivity contribution in [3.63, 3.8) is 0 Å². The number of nitrogens with one attached hydrogen (secondary N) is 2. The first-order valence-corrected chi connectivity index (χ1v) is 7.59. The molecule has 7 nitrogen and oxygen atoms in total. The number of aromatic amines is 1. The number of anilines is 1. The van der Waals surface area contributed by atoms with Gasteiger partial charge in [0.05, 0.1) is 11.9 Å². The van der Waals surface area contributed by atoms with E-state index in [2.05, 4.69) is 25.3 Å². The molecule has 2 heterocycles. The van der Waals surface area contributed by atoms with Crippen LogP contribution in [0, 0.1) is 12.8 Å². The van der Waals surface area contributed by atoms with Gasteiger partial charge in [-0.1, -0.05) is 43.7 Å². The van der Waals surface area contributed by atoms with E-state index in [9.17, 15) is 9.59 Å². The molecule has 2 N–H and O–H groups in total. The zero-order valence-electron chi connectivity index (χ0n) is 13.6. The van der Waals surface area contributed by atoms with E-state index in [1.54, 1.807) is 20.0 Å². The van der Waals surface area contributed by atoms with Crippen LogP contribution in [0.15, 0.2) is 35.3 Å². The Morgan fingerprint density at radius 2 is 1.88 bits per heavy atom. The van der Waals surface area contributed by atoms with E-state index in [1.165, 1.54) is 0 Å². The predicted octanol–water partition coefficient (Wildman–Crippen LogP) is 2.28. The first kappa shape index (κ1) is 15.8. The fourth-order valence-corrected chi connectivity index (χ4v) is 2.10. The molecule has 0 fully saturated rings. The summed E-state index contributed by atoms with van der Waals surface area (Å²) in [7, 11) is 0. The van der Waals surface area contributed by atoms with Crippen LogP contribution < -0.4 is 10.9 Å². The summed E-state index contributed by atoms with van der Waals surface area (Å²) < 4.78 is 0. The average molecular weight is 323 g/mol. The standard InChI is InChI=1S/C17H17N5O2/c1-9(2)15(23)21-17-20-14-13(16(24)22-17)19-12(8-18-14)11-6-4-10(3)5-7-11/h4-9H,1-3H3,(H2,18,20,21,22,23,24). The largest absolute Gasteiger partial charge is 0.296 e. The molecule has 0 radical (unpaired) electrons. The maximum Gasteiger partial charge on any atom is 0.280 e. The minimum atomic E-state index is -0.444. The molecule has 0 aliphatic carbocycles. The fraction of sp³-hybridized carbons (Fsp3) is 0.235. The first-order chi connectivity index (χ1) is 11.4. The monoisotopic (exact) mass is 323 g/mol. The van der Waals surface area contributed by atoms with Crippen LogP contribution in [-0.2, 0) is 4.79 Å². The quantitative estimate of drug-likeness (QED) is 0.770. The van der Waals surface area contributed by atoms with Crippen molar-refractivity contribution < 1.29 is 4.79 Å². The molecule has 1 amide bonds. The Balaban J connectivity index is 2.02. The maximum absolute atomic E-state index is 12.2. The Hall–Kier alpha value is -3.09. The summed E-state index contributed by atoms with van der Waals surface area (Å²) in [4.78, 5) is 39.2. The van der Waals surface area contributed by atoms with Crippen molar-refractivity contribution in [2.45, 2.75) is 20.8 Å². The zero-order chi connectivity index (χ0) is 17.3. The molecule has 0 saturated heterocycles. The SMILES string of the molecule is Cc1ccc(-c2cnc3nc(NC(=O)C(C)C)[nH]c(=O)c3n2)cc1. The Bertz CT molecular complexity index is 961. The fourth-order valence-electron chi connectivity index (χ4n) is 2.10. The molecule has 3 aromatic rings. The number of nitrogens with zero attached hydrogens (tertiary/aromatic N) is 3. The zero-order valence-corrected chi connectivity index (χ0v) is 13.6. The highest BCUT2D eigenvalue weighted by Crippen LogP contribution is 2.18. The number of fused-ring (bicyclic) bond motifs is 1. The van der Waals surface area contributed by atoms with Crippen molar-refractivity contribution in [3.8, 4) is 11.3 Å². The Morgan fingerprint density at radius 3 is 2.54 bits per heavy atom. The third kappa shape index (κ3) is 3.15. The molecule has 0 spiro atoms. The summed E-state index contributed by atoms with van der Waals surface area (Å²) in [6.07, 6.45) is 1.56. The highest BCUT2D eigenvalue weighted by Gasteiger charge is 2.12. The van der Waals surface area contributed by atoms with Gasteiger partial charge in [-0.25, -0.2) is 9.97 Å². The molecule has 1 aromatic carbocycles. The van der Waals surface area contributed by atoms with Crippen molar-refractivity contribution in [2.75, 3.05) is 5.32 Å². The third-order valence-corrected chi connectivity index (χ3v) is 3.53. The van der Waals surface area contributed by atoms with Crippen LogP contribution in [0.25, 0.3) is 22.4 Å². The molecule has 0 atom stereocenters. The second-order valence-electron chi connectivity index (χ2n) is 5.85. The van der Waals surface area contributed by atoms with Crippen LogP contribution in [-0.4, -0.2) is 25.8 Å². The normalized spacial score (nSPS) is 11.0. The number of carbonyl (C=O) groups is 1. The predicted molar refractivity (Wildman–Crippen MR) is 91.6 cm³/mol. The second kappa shape index (κ2) is 6.19. The minimum Gasteiger partial charge on any atom is -0.296 e. The van der Waals surface area contributed by atoms with Crippen LogP contribution in [0.4, 0.5) is 5.95 Å². The number of benzene rings is 1. The van der Waals surface area contributed by atoms with Crippen molar-refractivity contribution in [3.05, 3.63) is 46.4 Å². The lowest BCUT2D eigenvalue weighted by Gasteiger charge is -2.07. The summed E-state index contributed by atoms with van der Waals surface area (Å²) in [5.41, 5.74) is 2.47. The van der Waals surface area contributed by atoms with E-state index in [4.69, 9.17) is 0 Å². The van der Waals surface area contributed by atoms with Crippen LogP contribution in [0.2, 0.25) is 0 Å². The molecule has 24 heavy (non-hydrogen) atoms. The number of aryl methyl sites for hydroxylation is 1. The molecule has 2 aromatic heterocycles. The van der Waals surface area contributed by atoms with Gasteiger partial charge in [-0.05, 0) is 6.92 Å². The van der Waals surface area contributed by atoms with Gasteiger partial charge in [-0.15, -0.1) is 0 Å². The molecule has 0 aliphatic rings. The van der Waals surface area contributed by atoms with Crippen molar-refractivity contribution in [1.82, 2.24) is 19.9 Å². The van der Waals surface area contributed by atoms with E-state index in [-0.39, 0.29) is 28.9 Å². The highest BCUT2D eigenvalue weighted by molar-refractivity contribution is 5.91.